The van der Waals surface area contributed by atoms with Crippen molar-refractivity contribution >= 4 is 10.3 Å². The third-order valence-corrected chi connectivity index (χ3v) is 4.46. The predicted molar refractivity (Wildman–Crippen MR) is 60.9 cm³/mol. The van der Waals surface area contributed by atoms with E-state index in [0.29, 0.717) is 6.54 Å². The molecule has 2 rings (SSSR count). The fraction of sp³-hybridized carbons (Fsp3) is 0.455. The molecule has 1 fully saturated rings. The summed E-state index contributed by atoms with van der Waals surface area (Å²) < 4.78 is 29.7. The summed E-state index contributed by atoms with van der Waals surface area (Å²) in [6, 6.07) is 9.39. The van der Waals surface area contributed by atoms with Crippen LogP contribution in [0, 0.1) is 0 Å². The number of hydrogen-bond donors (Lipinski definition) is 0. The molecule has 1 aliphatic rings. The molecule has 1 unspecified atom stereocenters. The van der Waals surface area contributed by atoms with Crippen molar-refractivity contribution in [1.82, 2.24) is 4.31 Å². The predicted octanol–water partition coefficient (Wildman–Crippen LogP) is 1.54. The van der Waals surface area contributed by atoms with E-state index in [2.05, 4.69) is 0 Å². The molecule has 2 atom stereocenters. The average Bonchev–Trinajstić information content (AvgIpc) is 2.42. The second-order valence-corrected chi connectivity index (χ2v) is 5.55. The molecular weight excluding hydrogens is 226 g/mol. The monoisotopic (exact) mass is 241 g/mol. The van der Waals surface area contributed by atoms with Crippen LogP contribution < -0.4 is 0 Å². The van der Waals surface area contributed by atoms with Crippen LogP contribution in [0.5, 0.6) is 0 Å². The normalized spacial score (nSPS) is 29.4. The molecule has 88 valence electrons. The molecule has 0 bridgehead atoms. The van der Waals surface area contributed by atoms with Gasteiger partial charge in [0.15, 0.2) is 0 Å². The van der Waals surface area contributed by atoms with Gasteiger partial charge in [-0.25, -0.2) is 0 Å². The molecule has 1 saturated heterocycles. The lowest BCUT2D eigenvalue weighted by Gasteiger charge is -2.18. The third kappa shape index (κ3) is 2.11. The van der Waals surface area contributed by atoms with Crippen molar-refractivity contribution in [3.8, 4) is 0 Å². The average molecular weight is 241 g/mol. The SMILES string of the molecule is CC1[C@H](C)OS(=O)(=O)N1Cc1ccccc1. The van der Waals surface area contributed by atoms with Gasteiger partial charge in [0, 0.05) is 6.54 Å². The maximum atomic E-state index is 11.7. The summed E-state index contributed by atoms with van der Waals surface area (Å²) in [4.78, 5) is 0. The molecule has 1 heterocycles. The molecule has 0 saturated carbocycles. The first-order chi connectivity index (χ1) is 7.50. The van der Waals surface area contributed by atoms with Crippen LogP contribution in [0.2, 0.25) is 0 Å². The molecule has 5 heteroatoms. The zero-order chi connectivity index (χ0) is 11.8. The molecule has 0 aromatic heterocycles. The van der Waals surface area contributed by atoms with Crippen molar-refractivity contribution in [2.75, 3.05) is 0 Å². The van der Waals surface area contributed by atoms with E-state index >= 15 is 0 Å². The van der Waals surface area contributed by atoms with E-state index in [9.17, 15) is 8.42 Å². The summed E-state index contributed by atoms with van der Waals surface area (Å²) in [5.41, 5.74) is 0.968. The number of nitrogens with zero attached hydrogens (tertiary/aromatic N) is 1. The maximum absolute atomic E-state index is 11.7. The quantitative estimate of drug-likeness (QED) is 0.789. The van der Waals surface area contributed by atoms with Gasteiger partial charge in [-0.1, -0.05) is 30.3 Å². The van der Waals surface area contributed by atoms with Gasteiger partial charge < -0.3 is 0 Å². The fourth-order valence-corrected chi connectivity index (χ4v) is 3.29. The zero-order valence-electron chi connectivity index (χ0n) is 9.33. The van der Waals surface area contributed by atoms with Crippen molar-refractivity contribution in [2.45, 2.75) is 32.5 Å². The van der Waals surface area contributed by atoms with Crippen LogP contribution in [0.3, 0.4) is 0 Å². The standard InChI is InChI=1S/C11H15NO3S/c1-9-10(2)15-16(13,14)12(9)8-11-6-4-3-5-7-11/h3-7,9-10H,8H2,1-2H3/t9?,10-/m0/s1. The van der Waals surface area contributed by atoms with E-state index in [0.717, 1.165) is 5.56 Å². The van der Waals surface area contributed by atoms with E-state index < -0.39 is 10.3 Å². The lowest BCUT2D eigenvalue weighted by Crippen LogP contribution is -2.33. The van der Waals surface area contributed by atoms with Crippen molar-refractivity contribution in [1.29, 1.82) is 0 Å². The first-order valence-electron chi connectivity index (χ1n) is 5.24. The Bertz CT molecular complexity index is 457. The minimum absolute atomic E-state index is 0.120. The van der Waals surface area contributed by atoms with E-state index in [1.807, 2.05) is 37.3 Å². The number of hydrogen-bond acceptors (Lipinski definition) is 3. The molecule has 1 aromatic rings. The van der Waals surface area contributed by atoms with Crippen LogP contribution in [-0.4, -0.2) is 24.9 Å². The van der Waals surface area contributed by atoms with Gasteiger partial charge in [0.05, 0.1) is 12.1 Å². The molecule has 1 aliphatic heterocycles. The second kappa shape index (κ2) is 4.16. The minimum atomic E-state index is -3.55. The van der Waals surface area contributed by atoms with Gasteiger partial charge in [-0.05, 0) is 19.4 Å². The first-order valence-corrected chi connectivity index (χ1v) is 6.61. The van der Waals surface area contributed by atoms with E-state index in [4.69, 9.17) is 4.18 Å². The van der Waals surface area contributed by atoms with Gasteiger partial charge in [0.25, 0.3) is 0 Å². The Kier molecular flexibility index (Phi) is 3.01. The van der Waals surface area contributed by atoms with Crippen LogP contribution in [0.1, 0.15) is 19.4 Å². The zero-order valence-corrected chi connectivity index (χ0v) is 10.1. The van der Waals surface area contributed by atoms with E-state index in [1.54, 1.807) is 6.92 Å². The molecule has 1 aromatic carbocycles. The Labute approximate surface area is 96.1 Å². The van der Waals surface area contributed by atoms with Crippen molar-refractivity contribution in [3.63, 3.8) is 0 Å². The Morgan fingerprint density at radius 1 is 1.25 bits per heavy atom. The van der Waals surface area contributed by atoms with Gasteiger partial charge in [-0.15, -0.1) is 0 Å². The summed E-state index contributed by atoms with van der Waals surface area (Å²) in [5, 5.41) is 0. The summed E-state index contributed by atoms with van der Waals surface area (Å²) in [5.74, 6) is 0. The lowest BCUT2D eigenvalue weighted by molar-refractivity contribution is 0.222. The summed E-state index contributed by atoms with van der Waals surface area (Å²) in [7, 11) is -3.55. The minimum Gasteiger partial charge on any atom is -0.253 e. The Morgan fingerprint density at radius 3 is 2.38 bits per heavy atom. The van der Waals surface area contributed by atoms with Crippen LogP contribution in [0.4, 0.5) is 0 Å². The molecule has 4 nitrogen and oxygen atoms in total. The first kappa shape index (κ1) is 11.6. The smallest absolute Gasteiger partial charge is 0.253 e. The third-order valence-electron chi connectivity index (χ3n) is 2.88. The lowest BCUT2D eigenvalue weighted by atomic mass is 10.2. The van der Waals surface area contributed by atoms with E-state index in [-0.39, 0.29) is 12.1 Å². The highest BCUT2D eigenvalue weighted by Gasteiger charge is 2.41. The topological polar surface area (TPSA) is 46.6 Å². The molecular formula is C11H15NO3S. The Hall–Kier alpha value is -0.910. The molecule has 0 N–H and O–H groups in total. The molecule has 0 radical (unpaired) electrons. The summed E-state index contributed by atoms with van der Waals surface area (Å²) in [6.07, 6.45) is -0.284. The highest BCUT2D eigenvalue weighted by atomic mass is 32.2. The van der Waals surface area contributed by atoms with Gasteiger partial charge in [-0.2, -0.15) is 12.7 Å². The van der Waals surface area contributed by atoms with Crippen molar-refractivity contribution in [2.24, 2.45) is 0 Å². The summed E-state index contributed by atoms with van der Waals surface area (Å²) in [6.45, 7) is 4.00. The van der Waals surface area contributed by atoms with Crippen LogP contribution in [-0.2, 0) is 21.0 Å². The largest absolute Gasteiger partial charge is 0.339 e. The van der Waals surface area contributed by atoms with Gasteiger partial charge in [0.2, 0.25) is 0 Å². The summed E-state index contributed by atoms with van der Waals surface area (Å²) >= 11 is 0. The highest BCUT2D eigenvalue weighted by Crippen LogP contribution is 2.26. The van der Waals surface area contributed by atoms with Crippen molar-refractivity contribution in [3.05, 3.63) is 35.9 Å². The second-order valence-electron chi connectivity index (χ2n) is 4.03. The molecule has 0 aliphatic carbocycles. The van der Waals surface area contributed by atoms with Gasteiger partial charge in [0.1, 0.15) is 0 Å². The molecule has 0 amide bonds. The fourth-order valence-electron chi connectivity index (χ4n) is 1.75. The van der Waals surface area contributed by atoms with E-state index in [1.165, 1.54) is 4.31 Å². The number of benzene rings is 1. The molecule has 16 heavy (non-hydrogen) atoms. The Morgan fingerprint density at radius 2 is 1.88 bits per heavy atom. The van der Waals surface area contributed by atoms with Gasteiger partial charge in [-0.3, -0.25) is 4.18 Å². The number of rotatable bonds is 2. The van der Waals surface area contributed by atoms with Crippen molar-refractivity contribution < 1.29 is 12.6 Å². The maximum Gasteiger partial charge on any atom is 0.339 e. The highest BCUT2D eigenvalue weighted by molar-refractivity contribution is 7.84. The Balaban J connectivity index is 2.22. The molecule has 0 spiro atoms. The van der Waals surface area contributed by atoms with Crippen LogP contribution in [0.25, 0.3) is 0 Å². The van der Waals surface area contributed by atoms with Gasteiger partial charge >= 0.3 is 10.3 Å². The van der Waals surface area contributed by atoms with Crippen LogP contribution >= 0.6 is 0 Å². The van der Waals surface area contributed by atoms with Crippen LogP contribution in [0.15, 0.2) is 30.3 Å².